The van der Waals surface area contributed by atoms with Crippen LogP contribution in [0.2, 0.25) is 0 Å². The fourth-order valence-corrected chi connectivity index (χ4v) is 1.79. The van der Waals surface area contributed by atoms with Crippen molar-refractivity contribution in [3.05, 3.63) is 45.7 Å². The number of nitrogen functional groups attached to an aromatic ring is 1. The Labute approximate surface area is 99.5 Å². The zero-order valence-electron chi connectivity index (χ0n) is 9.95. The molecule has 0 amide bonds. The molecule has 1 aromatic heterocycles. The van der Waals surface area contributed by atoms with Crippen LogP contribution in [-0.2, 0) is 6.42 Å². The van der Waals surface area contributed by atoms with Crippen LogP contribution in [0.3, 0.4) is 0 Å². The molecule has 0 aliphatic carbocycles. The van der Waals surface area contributed by atoms with Gasteiger partial charge >= 0.3 is 0 Å². The number of hydrogen-bond donors (Lipinski definition) is 2. The van der Waals surface area contributed by atoms with Crippen LogP contribution >= 0.6 is 0 Å². The first-order chi connectivity index (χ1) is 8.11. The largest absolute Gasteiger partial charge is 0.383 e. The quantitative estimate of drug-likeness (QED) is 0.826. The summed E-state index contributed by atoms with van der Waals surface area (Å²) in [5.41, 5.74) is 8.15. The number of aryl methyl sites for hydroxylation is 1. The molecule has 0 radical (unpaired) electrons. The van der Waals surface area contributed by atoms with E-state index in [1.54, 1.807) is 0 Å². The van der Waals surface area contributed by atoms with Gasteiger partial charge in [0.05, 0.1) is 5.56 Å². The Morgan fingerprint density at radius 3 is 2.76 bits per heavy atom. The number of nitrogens with zero attached hydrogens (tertiary/aromatic N) is 1. The van der Waals surface area contributed by atoms with Crippen LogP contribution in [0.4, 0.5) is 5.82 Å². The summed E-state index contributed by atoms with van der Waals surface area (Å²) in [6.07, 6.45) is 0.586. The molecule has 0 bridgehead atoms. The molecule has 0 saturated heterocycles. The van der Waals surface area contributed by atoms with Crippen molar-refractivity contribution in [3.63, 3.8) is 0 Å². The lowest BCUT2D eigenvalue weighted by atomic mass is 10.1. The van der Waals surface area contributed by atoms with Crippen molar-refractivity contribution in [2.24, 2.45) is 0 Å². The second-order valence-corrected chi connectivity index (χ2v) is 4.00. The van der Waals surface area contributed by atoms with E-state index in [1.807, 2.05) is 38.1 Å². The van der Waals surface area contributed by atoms with E-state index < -0.39 is 0 Å². The average molecular weight is 229 g/mol. The molecule has 2 aromatic rings. The van der Waals surface area contributed by atoms with Crippen LogP contribution < -0.4 is 11.3 Å². The van der Waals surface area contributed by atoms with E-state index in [1.165, 1.54) is 0 Å². The van der Waals surface area contributed by atoms with Gasteiger partial charge in [0.1, 0.15) is 11.6 Å². The van der Waals surface area contributed by atoms with Gasteiger partial charge in [-0.15, -0.1) is 0 Å². The van der Waals surface area contributed by atoms with Crippen molar-refractivity contribution in [1.29, 1.82) is 0 Å². The minimum Gasteiger partial charge on any atom is -0.383 e. The lowest BCUT2D eigenvalue weighted by Gasteiger charge is -2.06. The molecule has 88 valence electrons. The molecule has 3 N–H and O–H groups in total. The molecule has 0 aliphatic heterocycles. The third-order valence-corrected chi connectivity index (χ3v) is 2.69. The molecule has 0 saturated carbocycles. The van der Waals surface area contributed by atoms with Gasteiger partial charge in [0.15, 0.2) is 0 Å². The van der Waals surface area contributed by atoms with E-state index in [9.17, 15) is 4.79 Å². The second-order valence-electron chi connectivity index (χ2n) is 4.00. The van der Waals surface area contributed by atoms with Gasteiger partial charge in [-0.05, 0) is 19.4 Å². The Bertz CT molecular complexity index is 602. The van der Waals surface area contributed by atoms with Gasteiger partial charge in [0.25, 0.3) is 5.56 Å². The van der Waals surface area contributed by atoms with E-state index in [-0.39, 0.29) is 5.56 Å². The molecule has 0 unspecified atom stereocenters. The Hall–Kier alpha value is -2.10. The Morgan fingerprint density at radius 2 is 2.18 bits per heavy atom. The molecule has 4 heteroatoms. The summed E-state index contributed by atoms with van der Waals surface area (Å²) in [5, 5.41) is 0. The maximum atomic E-state index is 11.8. The van der Waals surface area contributed by atoms with E-state index in [4.69, 9.17) is 5.73 Å². The molecular weight excluding hydrogens is 214 g/mol. The molecule has 1 aromatic carbocycles. The summed E-state index contributed by atoms with van der Waals surface area (Å²) in [5.74, 6) is 0.834. The van der Waals surface area contributed by atoms with Gasteiger partial charge in [-0.3, -0.25) is 4.79 Å². The third kappa shape index (κ3) is 2.20. The van der Waals surface area contributed by atoms with Crippen molar-refractivity contribution >= 4 is 5.82 Å². The van der Waals surface area contributed by atoms with Gasteiger partial charge in [-0.2, -0.15) is 0 Å². The third-order valence-electron chi connectivity index (χ3n) is 2.69. The zero-order chi connectivity index (χ0) is 12.4. The van der Waals surface area contributed by atoms with E-state index in [0.717, 1.165) is 11.1 Å². The van der Waals surface area contributed by atoms with Crippen molar-refractivity contribution < 1.29 is 0 Å². The Morgan fingerprint density at radius 1 is 1.41 bits per heavy atom. The second kappa shape index (κ2) is 4.41. The number of aromatic nitrogens is 2. The first-order valence-electron chi connectivity index (χ1n) is 5.57. The van der Waals surface area contributed by atoms with Crippen molar-refractivity contribution in [2.45, 2.75) is 20.3 Å². The maximum Gasteiger partial charge on any atom is 0.256 e. The van der Waals surface area contributed by atoms with Crippen LogP contribution in [-0.4, -0.2) is 9.97 Å². The lowest BCUT2D eigenvalue weighted by Crippen LogP contribution is -2.17. The first kappa shape index (κ1) is 11.4. The van der Waals surface area contributed by atoms with Crippen molar-refractivity contribution in [2.75, 3.05) is 5.73 Å². The van der Waals surface area contributed by atoms with E-state index in [2.05, 4.69) is 9.97 Å². The highest BCUT2D eigenvalue weighted by Gasteiger charge is 2.08. The highest BCUT2D eigenvalue weighted by Crippen LogP contribution is 2.16. The average Bonchev–Trinajstić information content (AvgIpc) is 2.28. The number of H-pyrrole nitrogens is 1. The first-order valence-corrected chi connectivity index (χ1v) is 5.57. The minimum absolute atomic E-state index is 0.156. The van der Waals surface area contributed by atoms with Gasteiger partial charge in [-0.1, -0.05) is 30.7 Å². The fourth-order valence-electron chi connectivity index (χ4n) is 1.79. The summed E-state index contributed by atoms with van der Waals surface area (Å²) in [4.78, 5) is 18.8. The minimum atomic E-state index is -0.156. The normalized spacial score (nSPS) is 10.5. The summed E-state index contributed by atoms with van der Waals surface area (Å²) in [7, 11) is 0. The summed E-state index contributed by atoms with van der Waals surface area (Å²) in [6.45, 7) is 3.88. The molecule has 0 aliphatic rings. The SMILES string of the molecule is CCc1c(N)nc(-c2cccc(C)c2)[nH]c1=O. The number of nitrogens with two attached hydrogens (primary N) is 1. The Kier molecular flexibility index (Phi) is 2.95. The van der Waals surface area contributed by atoms with Gasteiger partial charge in [-0.25, -0.2) is 4.98 Å². The molecule has 0 spiro atoms. The van der Waals surface area contributed by atoms with Gasteiger partial charge < -0.3 is 10.7 Å². The predicted octanol–water partition coefficient (Wildman–Crippen LogP) is 1.89. The maximum absolute atomic E-state index is 11.8. The highest BCUT2D eigenvalue weighted by atomic mass is 16.1. The number of anilines is 1. The molecule has 0 atom stereocenters. The molecule has 2 rings (SSSR count). The molecule has 0 fully saturated rings. The zero-order valence-corrected chi connectivity index (χ0v) is 9.95. The number of hydrogen-bond acceptors (Lipinski definition) is 3. The van der Waals surface area contributed by atoms with Crippen LogP contribution in [0.1, 0.15) is 18.1 Å². The van der Waals surface area contributed by atoms with Crippen LogP contribution in [0, 0.1) is 6.92 Å². The standard InChI is InChI=1S/C13H15N3O/c1-3-10-11(14)15-12(16-13(10)17)9-6-4-5-8(2)7-9/h4-7H,3H2,1-2H3,(H3,14,15,16,17). The van der Waals surface area contributed by atoms with E-state index >= 15 is 0 Å². The summed E-state index contributed by atoms with van der Waals surface area (Å²) in [6, 6.07) is 7.78. The number of nitrogens with one attached hydrogen (secondary N) is 1. The fraction of sp³-hybridized carbons (Fsp3) is 0.231. The lowest BCUT2D eigenvalue weighted by molar-refractivity contribution is 1.02. The number of rotatable bonds is 2. The topological polar surface area (TPSA) is 71.8 Å². The Balaban J connectivity index is 2.58. The predicted molar refractivity (Wildman–Crippen MR) is 68.8 cm³/mol. The molecule has 17 heavy (non-hydrogen) atoms. The van der Waals surface area contributed by atoms with Crippen LogP contribution in [0.25, 0.3) is 11.4 Å². The van der Waals surface area contributed by atoms with Gasteiger partial charge in [0.2, 0.25) is 0 Å². The van der Waals surface area contributed by atoms with Crippen molar-refractivity contribution in [1.82, 2.24) is 9.97 Å². The van der Waals surface area contributed by atoms with E-state index in [0.29, 0.717) is 23.6 Å². The number of aromatic amines is 1. The number of benzene rings is 1. The molecule has 1 heterocycles. The molecular formula is C13H15N3O. The molecule has 4 nitrogen and oxygen atoms in total. The highest BCUT2D eigenvalue weighted by molar-refractivity contribution is 5.58. The summed E-state index contributed by atoms with van der Waals surface area (Å²) < 4.78 is 0. The van der Waals surface area contributed by atoms with Crippen molar-refractivity contribution in [3.8, 4) is 11.4 Å². The summed E-state index contributed by atoms with van der Waals surface area (Å²) >= 11 is 0. The van der Waals surface area contributed by atoms with Gasteiger partial charge in [0, 0.05) is 5.56 Å². The smallest absolute Gasteiger partial charge is 0.256 e. The monoisotopic (exact) mass is 229 g/mol. The van der Waals surface area contributed by atoms with Crippen LogP contribution in [0.5, 0.6) is 0 Å². The van der Waals surface area contributed by atoms with Crippen LogP contribution in [0.15, 0.2) is 29.1 Å².